The van der Waals surface area contributed by atoms with Crippen molar-refractivity contribution in [3.8, 4) is 0 Å². The molecule has 0 aliphatic heterocycles. The highest BCUT2D eigenvalue weighted by molar-refractivity contribution is 7.17. The summed E-state index contributed by atoms with van der Waals surface area (Å²) in [6, 6.07) is 7.82. The number of amides is 2. The minimum Gasteiger partial charge on any atom is -0.368 e. The van der Waals surface area contributed by atoms with Crippen LogP contribution in [0.3, 0.4) is 0 Å². The zero-order chi connectivity index (χ0) is 15.0. The second-order valence-electron chi connectivity index (χ2n) is 5.61. The lowest BCUT2D eigenvalue weighted by Gasteiger charge is -2.35. The van der Waals surface area contributed by atoms with Crippen LogP contribution in [0.15, 0.2) is 29.6 Å². The molecule has 1 aliphatic rings. The number of hydrogen-bond acceptors (Lipinski definition) is 3. The smallest absolute Gasteiger partial charge is 0.255 e. The van der Waals surface area contributed by atoms with Crippen molar-refractivity contribution in [2.24, 2.45) is 5.73 Å². The Morgan fingerprint density at radius 3 is 2.57 bits per heavy atom. The number of thiophene rings is 1. The van der Waals surface area contributed by atoms with Gasteiger partial charge in [0, 0.05) is 22.5 Å². The fourth-order valence-corrected chi connectivity index (χ4v) is 4.16. The van der Waals surface area contributed by atoms with Crippen molar-refractivity contribution in [1.29, 1.82) is 0 Å². The van der Waals surface area contributed by atoms with Gasteiger partial charge in [0.2, 0.25) is 5.91 Å². The summed E-state index contributed by atoms with van der Waals surface area (Å²) < 4.78 is 1.08. The standard InChI is InChI=1S/C16H18N2O2S/c1-18(16(15(17)20)8-4-5-9-16)14(19)12-10-21-13-7-3-2-6-11(12)13/h2-3,6-7,10H,4-5,8-9H2,1H3,(H2,17,20). The van der Waals surface area contributed by atoms with E-state index in [9.17, 15) is 9.59 Å². The molecule has 0 radical (unpaired) electrons. The van der Waals surface area contributed by atoms with Crippen LogP contribution in [-0.2, 0) is 4.79 Å². The van der Waals surface area contributed by atoms with Crippen molar-refractivity contribution in [1.82, 2.24) is 4.90 Å². The summed E-state index contributed by atoms with van der Waals surface area (Å²) in [6.45, 7) is 0. The van der Waals surface area contributed by atoms with Crippen molar-refractivity contribution in [2.45, 2.75) is 31.2 Å². The van der Waals surface area contributed by atoms with Gasteiger partial charge in [0.25, 0.3) is 5.91 Å². The van der Waals surface area contributed by atoms with Crippen molar-refractivity contribution in [3.63, 3.8) is 0 Å². The van der Waals surface area contributed by atoms with Crippen molar-refractivity contribution >= 4 is 33.2 Å². The first kappa shape index (κ1) is 14.1. The molecule has 1 fully saturated rings. The number of nitrogens with two attached hydrogens (primary N) is 1. The summed E-state index contributed by atoms with van der Waals surface area (Å²) in [5, 5.41) is 2.81. The second-order valence-corrected chi connectivity index (χ2v) is 6.52. The summed E-state index contributed by atoms with van der Waals surface area (Å²) in [5.74, 6) is -0.511. The Bertz CT molecular complexity index is 701. The van der Waals surface area contributed by atoms with Crippen molar-refractivity contribution in [2.75, 3.05) is 7.05 Å². The Morgan fingerprint density at radius 2 is 1.90 bits per heavy atom. The van der Waals surface area contributed by atoms with Crippen LogP contribution in [0.1, 0.15) is 36.0 Å². The highest BCUT2D eigenvalue weighted by atomic mass is 32.1. The quantitative estimate of drug-likeness (QED) is 0.947. The number of likely N-dealkylation sites (N-methyl/N-ethyl adjacent to an activating group) is 1. The third-order valence-corrected chi connectivity index (χ3v) is 5.51. The van der Waals surface area contributed by atoms with Gasteiger partial charge >= 0.3 is 0 Å². The molecule has 21 heavy (non-hydrogen) atoms. The van der Waals surface area contributed by atoms with Crippen LogP contribution in [0.25, 0.3) is 10.1 Å². The molecule has 2 N–H and O–H groups in total. The molecule has 5 heteroatoms. The maximum absolute atomic E-state index is 12.8. The van der Waals surface area contributed by atoms with Gasteiger partial charge < -0.3 is 10.6 Å². The fourth-order valence-electron chi connectivity index (χ4n) is 3.23. The van der Waals surface area contributed by atoms with Crippen LogP contribution in [-0.4, -0.2) is 29.3 Å². The molecule has 2 amide bonds. The summed E-state index contributed by atoms with van der Waals surface area (Å²) in [6.07, 6.45) is 3.19. The maximum Gasteiger partial charge on any atom is 0.255 e. The Hall–Kier alpha value is -1.88. The first-order valence-corrected chi connectivity index (χ1v) is 7.98. The predicted molar refractivity (Wildman–Crippen MR) is 84.3 cm³/mol. The number of rotatable bonds is 3. The molecule has 0 saturated heterocycles. The van der Waals surface area contributed by atoms with Gasteiger partial charge in [0.05, 0.1) is 5.56 Å². The van der Waals surface area contributed by atoms with E-state index in [2.05, 4.69) is 0 Å². The van der Waals surface area contributed by atoms with E-state index in [0.29, 0.717) is 18.4 Å². The first-order chi connectivity index (χ1) is 10.1. The molecule has 0 spiro atoms. The van der Waals surface area contributed by atoms with Crippen LogP contribution >= 0.6 is 11.3 Å². The number of fused-ring (bicyclic) bond motifs is 1. The summed E-state index contributed by atoms with van der Waals surface area (Å²) in [4.78, 5) is 26.3. The van der Waals surface area contributed by atoms with Gasteiger partial charge in [0.15, 0.2) is 0 Å². The largest absolute Gasteiger partial charge is 0.368 e. The Kier molecular flexibility index (Phi) is 3.45. The average Bonchev–Trinajstić information content (AvgIpc) is 3.13. The van der Waals surface area contributed by atoms with E-state index in [1.54, 1.807) is 23.3 Å². The second kappa shape index (κ2) is 5.15. The summed E-state index contributed by atoms with van der Waals surface area (Å²) >= 11 is 1.55. The highest BCUT2D eigenvalue weighted by Gasteiger charge is 2.45. The molecule has 2 aromatic rings. The Labute approximate surface area is 127 Å². The Balaban J connectivity index is 1.99. The van der Waals surface area contributed by atoms with Crippen LogP contribution in [0.4, 0.5) is 0 Å². The average molecular weight is 302 g/mol. The predicted octanol–water partition coefficient (Wildman–Crippen LogP) is 2.77. The number of nitrogens with zero attached hydrogens (tertiary/aromatic N) is 1. The van der Waals surface area contributed by atoms with E-state index in [1.807, 2.05) is 29.6 Å². The lowest BCUT2D eigenvalue weighted by atomic mass is 9.93. The lowest BCUT2D eigenvalue weighted by molar-refractivity contribution is -0.127. The van der Waals surface area contributed by atoms with Crippen LogP contribution in [0.5, 0.6) is 0 Å². The molecule has 1 aromatic heterocycles. The molecular weight excluding hydrogens is 284 g/mol. The summed E-state index contributed by atoms with van der Waals surface area (Å²) in [5.41, 5.74) is 5.45. The zero-order valence-electron chi connectivity index (χ0n) is 12.0. The molecule has 0 unspecified atom stereocenters. The SMILES string of the molecule is CN(C(=O)c1csc2ccccc12)C1(C(N)=O)CCCC1. The molecule has 1 aliphatic carbocycles. The number of carbonyl (C=O) groups is 2. The molecule has 0 atom stereocenters. The van der Waals surface area contributed by atoms with Crippen molar-refractivity contribution < 1.29 is 9.59 Å². The van der Waals surface area contributed by atoms with E-state index < -0.39 is 11.4 Å². The normalized spacial score (nSPS) is 17.0. The fraction of sp³-hybridized carbons (Fsp3) is 0.375. The minimum absolute atomic E-state index is 0.117. The van der Waals surface area contributed by atoms with Gasteiger partial charge in [0.1, 0.15) is 5.54 Å². The zero-order valence-corrected chi connectivity index (χ0v) is 12.8. The van der Waals surface area contributed by atoms with Gasteiger partial charge in [-0.05, 0) is 18.9 Å². The molecule has 4 nitrogen and oxygen atoms in total. The van der Waals surface area contributed by atoms with Gasteiger partial charge in [-0.15, -0.1) is 11.3 Å². The van der Waals surface area contributed by atoms with Gasteiger partial charge in [-0.3, -0.25) is 9.59 Å². The molecular formula is C16H18N2O2S. The first-order valence-electron chi connectivity index (χ1n) is 7.10. The third kappa shape index (κ3) is 2.12. The molecule has 1 heterocycles. The van der Waals surface area contributed by atoms with Gasteiger partial charge in [-0.1, -0.05) is 31.0 Å². The lowest BCUT2D eigenvalue weighted by Crippen LogP contribution is -2.56. The minimum atomic E-state index is -0.819. The van der Waals surface area contributed by atoms with Gasteiger partial charge in [-0.25, -0.2) is 0 Å². The topological polar surface area (TPSA) is 63.4 Å². The summed E-state index contributed by atoms with van der Waals surface area (Å²) in [7, 11) is 1.70. The molecule has 110 valence electrons. The Morgan fingerprint density at radius 1 is 1.24 bits per heavy atom. The number of hydrogen-bond donors (Lipinski definition) is 1. The molecule has 3 rings (SSSR count). The van der Waals surface area contributed by atoms with Crippen LogP contribution < -0.4 is 5.73 Å². The van der Waals surface area contributed by atoms with Gasteiger partial charge in [-0.2, -0.15) is 0 Å². The van der Waals surface area contributed by atoms with E-state index in [1.165, 1.54) is 0 Å². The van der Waals surface area contributed by atoms with Crippen LogP contribution in [0, 0.1) is 0 Å². The molecule has 1 saturated carbocycles. The van der Waals surface area contributed by atoms with E-state index in [0.717, 1.165) is 22.9 Å². The number of benzene rings is 1. The van der Waals surface area contributed by atoms with E-state index in [-0.39, 0.29) is 5.91 Å². The van der Waals surface area contributed by atoms with E-state index >= 15 is 0 Å². The van der Waals surface area contributed by atoms with Crippen molar-refractivity contribution in [3.05, 3.63) is 35.2 Å². The molecule has 0 bridgehead atoms. The highest BCUT2D eigenvalue weighted by Crippen LogP contribution is 2.36. The molecule has 1 aromatic carbocycles. The number of carbonyl (C=O) groups excluding carboxylic acids is 2. The third-order valence-electron chi connectivity index (χ3n) is 4.55. The van der Waals surface area contributed by atoms with Crippen LogP contribution in [0.2, 0.25) is 0 Å². The van der Waals surface area contributed by atoms with E-state index in [4.69, 9.17) is 5.73 Å². The monoisotopic (exact) mass is 302 g/mol. The maximum atomic E-state index is 12.8. The number of primary amides is 1.